The number of aromatic nitrogens is 1. The van der Waals surface area contributed by atoms with Crippen molar-refractivity contribution in [1.82, 2.24) is 10.0 Å². The van der Waals surface area contributed by atoms with E-state index >= 15 is 0 Å². The molecule has 3 aromatic carbocycles. The van der Waals surface area contributed by atoms with Crippen LogP contribution >= 0.6 is 11.6 Å². The normalized spacial score (nSPS) is 11.3. The Morgan fingerprint density at radius 1 is 1.03 bits per heavy atom. The van der Waals surface area contributed by atoms with E-state index in [2.05, 4.69) is 4.57 Å². The summed E-state index contributed by atoms with van der Waals surface area (Å²) >= 11 is 6.22. The minimum absolute atomic E-state index is 0.259. The largest absolute Gasteiger partial charge is 0.342 e. The SMILES string of the molecule is O=C(NO)c1ccc(/C=C/c2cn(Cc3ccc(F)cc3)c3cc(Cl)ccc23)cc1. The van der Waals surface area contributed by atoms with Gasteiger partial charge in [-0.2, -0.15) is 0 Å². The zero-order valence-electron chi connectivity index (χ0n) is 15.8. The van der Waals surface area contributed by atoms with Crippen molar-refractivity contribution in [2.45, 2.75) is 6.54 Å². The van der Waals surface area contributed by atoms with Gasteiger partial charge in [-0.25, -0.2) is 9.87 Å². The first-order valence-corrected chi connectivity index (χ1v) is 9.67. The number of amides is 1. The molecule has 1 amide bonds. The van der Waals surface area contributed by atoms with E-state index in [0.717, 1.165) is 27.6 Å². The van der Waals surface area contributed by atoms with Gasteiger partial charge >= 0.3 is 0 Å². The highest BCUT2D eigenvalue weighted by Crippen LogP contribution is 2.27. The van der Waals surface area contributed by atoms with Crippen LogP contribution in [0.4, 0.5) is 4.39 Å². The van der Waals surface area contributed by atoms with Crippen molar-refractivity contribution in [2.24, 2.45) is 0 Å². The number of halogens is 2. The molecular formula is C24H18ClFN2O2. The molecule has 4 nitrogen and oxygen atoms in total. The van der Waals surface area contributed by atoms with Gasteiger partial charge in [-0.3, -0.25) is 10.0 Å². The van der Waals surface area contributed by atoms with Crippen molar-refractivity contribution >= 4 is 40.6 Å². The van der Waals surface area contributed by atoms with Crippen LogP contribution in [0.2, 0.25) is 5.02 Å². The predicted octanol–water partition coefficient (Wildman–Crippen LogP) is 5.77. The Morgan fingerprint density at radius 3 is 2.47 bits per heavy atom. The second kappa shape index (κ2) is 8.53. The highest BCUT2D eigenvalue weighted by atomic mass is 35.5. The molecule has 0 saturated heterocycles. The topological polar surface area (TPSA) is 54.3 Å². The van der Waals surface area contributed by atoms with E-state index in [-0.39, 0.29) is 5.82 Å². The summed E-state index contributed by atoms with van der Waals surface area (Å²) in [6, 6.07) is 19.1. The number of fused-ring (bicyclic) bond motifs is 1. The maximum atomic E-state index is 13.2. The molecule has 0 fully saturated rings. The average molecular weight is 421 g/mol. The molecule has 150 valence electrons. The van der Waals surface area contributed by atoms with Gasteiger partial charge in [-0.05, 0) is 47.5 Å². The minimum atomic E-state index is -0.550. The maximum absolute atomic E-state index is 13.2. The fourth-order valence-corrected chi connectivity index (χ4v) is 3.51. The Labute approximate surface area is 177 Å². The molecule has 0 radical (unpaired) electrons. The number of carbonyl (C=O) groups is 1. The van der Waals surface area contributed by atoms with Crippen LogP contribution in [0, 0.1) is 5.82 Å². The number of benzene rings is 3. The van der Waals surface area contributed by atoms with Crippen molar-refractivity contribution in [3.8, 4) is 0 Å². The Balaban J connectivity index is 1.66. The number of nitrogens with zero attached hydrogens (tertiary/aromatic N) is 1. The van der Waals surface area contributed by atoms with Crippen molar-refractivity contribution in [1.29, 1.82) is 0 Å². The third-order valence-electron chi connectivity index (χ3n) is 4.87. The number of nitrogens with one attached hydrogen (secondary N) is 1. The van der Waals surface area contributed by atoms with Crippen molar-refractivity contribution < 1.29 is 14.4 Å². The highest BCUT2D eigenvalue weighted by Gasteiger charge is 2.09. The summed E-state index contributed by atoms with van der Waals surface area (Å²) in [5.74, 6) is -0.809. The molecule has 30 heavy (non-hydrogen) atoms. The summed E-state index contributed by atoms with van der Waals surface area (Å²) in [7, 11) is 0. The third kappa shape index (κ3) is 4.27. The van der Waals surface area contributed by atoms with Gasteiger partial charge in [0, 0.05) is 34.3 Å². The lowest BCUT2D eigenvalue weighted by molar-refractivity contribution is 0.0706. The molecule has 0 atom stereocenters. The summed E-state index contributed by atoms with van der Waals surface area (Å²) < 4.78 is 15.3. The zero-order valence-corrected chi connectivity index (χ0v) is 16.6. The molecule has 4 rings (SSSR count). The fourth-order valence-electron chi connectivity index (χ4n) is 3.34. The zero-order chi connectivity index (χ0) is 21.1. The van der Waals surface area contributed by atoms with Crippen LogP contribution in [0.15, 0.2) is 72.9 Å². The van der Waals surface area contributed by atoms with Crippen LogP contribution in [-0.4, -0.2) is 15.7 Å². The first-order valence-electron chi connectivity index (χ1n) is 9.29. The van der Waals surface area contributed by atoms with E-state index in [1.165, 1.54) is 12.1 Å². The van der Waals surface area contributed by atoms with Gasteiger partial charge in [-0.1, -0.05) is 54.1 Å². The second-order valence-electron chi connectivity index (χ2n) is 6.90. The number of hydrogen-bond acceptors (Lipinski definition) is 2. The molecular weight excluding hydrogens is 403 g/mol. The molecule has 0 spiro atoms. The van der Waals surface area contributed by atoms with Gasteiger partial charge in [0.1, 0.15) is 5.82 Å². The summed E-state index contributed by atoms with van der Waals surface area (Å²) in [6.45, 7) is 0.593. The average Bonchev–Trinajstić information content (AvgIpc) is 3.10. The molecule has 0 aliphatic carbocycles. The molecule has 6 heteroatoms. The molecule has 0 bridgehead atoms. The van der Waals surface area contributed by atoms with E-state index in [0.29, 0.717) is 17.1 Å². The van der Waals surface area contributed by atoms with Crippen molar-refractivity contribution in [2.75, 3.05) is 0 Å². The van der Waals surface area contributed by atoms with Crippen LogP contribution in [0.3, 0.4) is 0 Å². The van der Waals surface area contributed by atoms with E-state index in [1.54, 1.807) is 41.9 Å². The van der Waals surface area contributed by atoms with E-state index in [4.69, 9.17) is 16.8 Å². The lowest BCUT2D eigenvalue weighted by atomic mass is 10.1. The van der Waals surface area contributed by atoms with Gasteiger partial charge < -0.3 is 4.57 Å². The van der Waals surface area contributed by atoms with Crippen molar-refractivity contribution in [3.63, 3.8) is 0 Å². The first-order chi connectivity index (χ1) is 14.5. The Bertz CT molecular complexity index is 1230. The standard InChI is InChI=1S/C24H18ClFN2O2/c25-20-9-12-22-19(8-3-16-1-6-18(7-2-16)24(29)27-30)15-28(23(22)13-20)14-17-4-10-21(26)11-5-17/h1-13,15,30H,14H2,(H,27,29)/b8-3+. The minimum Gasteiger partial charge on any atom is -0.342 e. The maximum Gasteiger partial charge on any atom is 0.274 e. The summed E-state index contributed by atoms with van der Waals surface area (Å²) in [5.41, 5.74) is 5.90. The van der Waals surface area contributed by atoms with Gasteiger partial charge in [0.15, 0.2) is 0 Å². The van der Waals surface area contributed by atoms with Gasteiger partial charge in [0.2, 0.25) is 0 Å². The van der Waals surface area contributed by atoms with E-state index in [1.807, 2.05) is 36.5 Å². The number of hydroxylamine groups is 1. The number of carbonyl (C=O) groups excluding carboxylic acids is 1. The van der Waals surface area contributed by atoms with Crippen LogP contribution < -0.4 is 5.48 Å². The van der Waals surface area contributed by atoms with Gasteiger partial charge in [0.05, 0.1) is 5.52 Å². The number of rotatable bonds is 5. The highest BCUT2D eigenvalue weighted by molar-refractivity contribution is 6.31. The summed E-state index contributed by atoms with van der Waals surface area (Å²) in [4.78, 5) is 11.4. The van der Waals surface area contributed by atoms with Gasteiger partial charge in [0.25, 0.3) is 5.91 Å². The molecule has 1 heterocycles. The van der Waals surface area contributed by atoms with Crippen LogP contribution in [-0.2, 0) is 6.54 Å². The first kappa shape index (κ1) is 19.9. The smallest absolute Gasteiger partial charge is 0.274 e. The Morgan fingerprint density at radius 2 is 1.77 bits per heavy atom. The number of hydrogen-bond donors (Lipinski definition) is 2. The van der Waals surface area contributed by atoms with E-state index in [9.17, 15) is 9.18 Å². The Kier molecular flexibility index (Phi) is 5.65. The molecule has 4 aromatic rings. The molecule has 0 unspecified atom stereocenters. The quantitative estimate of drug-likeness (QED) is 0.318. The molecule has 0 aliphatic heterocycles. The monoisotopic (exact) mass is 420 g/mol. The fraction of sp³-hybridized carbons (Fsp3) is 0.0417. The summed E-state index contributed by atoms with van der Waals surface area (Å²) in [6.07, 6.45) is 5.99. The van der Waals surface area contributed by atoms with Crippen LogP contribution in [0.25, 0.3) is 23.1 Å². The lowest BCUT2D eigenvalue weighted by Gasteiger charge is -2.06. The lowest BCUT2D eigenvalue weighted by Crippen LogP contribution is -2.18. The third-order valence-corrected chi connectivity index (χ3v) is 5.11. The summed E-state index contributed by atoms with van der Waals surface area (Å²) in [5, 5.41) is 10.4. The molecule has 1 aromatic heterocycles. The molecule has 2 N–H and O–H groups in total. The second-order valence-corrected chi connectivity index (χ2v) is 7.33. The van der Waals surface area contributed by atoms with Crippen LogP contribution in [0.1, 0.15) is 27.0 Å². The van der Waals surface area contributed by atoms with E-state index < -0.39 is 5.91 Å². The molecule has 0 aliphatic rings. The predicted molar refractivity (Wildman–Crippen MR) is 117 cm³/mol. The molecule has 0 saturated carbocycles. The van der Waals surface area contributed by atoms with Crippen molar-refractivity contribution in [3.05, 3.63) is 106 Å². The Hall–Kier alpha value is -3.41. The van der Waals surface area contributed by atoms with Crippen LogP contribution in [0.5, 0.6) is 0 Å². The van der Waals surface area contributed by atoms with Gasteiger partial charge in [-0.15, -0.1) is 0 Å².